The third kappa shape index (κ3) is 7.09. The molecule has 0 spiro atoms. The Balaban J connectivity index is 1.43. The molecule has 0 amide bonds. The Labute approximate surface area is 280 Å². The quantitative estimate of drug-likeness (QED) is 0.0693. The molecule has 0 atom stereocenters. The zero-order valence-corrected chi connectivity index (χ0v) is 26.9. The molecule has 0 radical (unpaired) electrons. The summed E-state index contributed by atoms with van der Waals surface area (Å²) in [6.07, 6.45) is 8.41. The molecule has 0 aliphatic heterocycles. The normalized spacial score (nSPS) is 11.3. The van der Waals surface area contributed by atoms with Gasteiger partial charge >= 0.3 is 11.9 Å². The third-order valence-corrected chi connectivity index (χ3v) is 7.96. The molecule has 234 valence electrons. The van der Waals surface area contributed by atoms with Crippen LogP contribution in [0.15, 0.2) is 146 Å². The molecule has 0 N–H and O–H groups in total. The Morgan fingerprint density at radius 2 is 0.854 bits per heavy atom. The van der Waals surface area contributed by atoms with Gasteiger partial charge in [0.15, 0.2) is 0 Å². The Morgan fingerprint density at radius 3 is 1.23 bits per heavy atom. The first-order chi connectivity index (χ1) is 23.3. The van der Waals surface area contributed by atoms with Crippen molar-refractivity contribution in [2.24, 2.45) is 0 Å². The second-order valence-electron chi connectivity index (χ2n) is 11.6. The fraction of sp³-hybridized carbons (Fsp3) is 0.0455. The van der Waals surface area contributed by atoms with Gasteiger partial charge in [0.2, 0.25) is 0 Å². The van der Waals surface area contributed by atoms with Crippen molar-refractivity contribution in [2.75, 3.05) is 0 Å². The van der Waals surface area contributed by atoms with Crippen LogP contribution in [0.1, 0.15) is 36.1 Å². The van der Waals surface area contributed by atoms with Gasteiger partial charge in [0.05, 0.1) is 0 Å². The molecule has 6 rings (SSSR count). The van der Waals surface area contributed by atoms with Gasteiger partial charge in [0.25, 0.3) is 0 Å². The summed E-state index contributed by atoms with van der Waals surface area (Å²) in [7, 11) is 0. The number of rotatable bonds is 9. The van der Waals surface area contributed by atoms with E-state index in [9.17, 15) is 9.59 Å². The van der Waals surface area contributed by atoms with Crippen LogP contribution < -0.4 is 9.47 Å². The largest absolute Gasteiger partial charge is 0.423 e. The maximum atomic E-state index is 11.9. The van der Waals surface area contributed by atoms with Crippen molar-refractivity contribution in [1.29, 1.82) is 0 Å². The lowest BCUT2D eigenvalue weighted by atomic mass is 9.86. The molecule has 0 unspecified atom stereocenters. The molecule has 4 heteroatoms. The van der Waals surface area contributed by atoms with E-state index in [0.717, 1.165) is 54.9 Å². The third-order valence-electron chi connectivity index (χ3n) is 7.96. The van der Waals surface area contributed by atoms with E-state index in [4.69, 9.17) is 9.47 Å². The number of hydrogen-bond donors (Lipinski definition) is 0. The summed E-state index contributed by atoms with van der Waals surface area (Å²) >= 11 is 0. The predicted octanol–water partition coefficient (Wildman–Crippen LogP) is 11.0. The van der Waals surface area contributed by atoms with Crippen LogP contribution in [0.5, 0.6) is 11.5 Å². The number of carbonyl (C=O) groups is 2. The van der Waals surface area contributed by atoms with Crippen LogP contribution in [-0.2, 0) is 9.59 Å². The highest BCUT2D eigenvalue weighted by molar-refractivity contribution is 6.11. The van der Waals surface area contributed by atoms with E-state index >= 15 is 0 Å². The molecular formula is C44H34O4. The van der Waals surface area contributed by atoms with Crippen molar-refractivity contribution in [2.45, 2.75) is 13.8 Å². The zero-order chi connectivity index (χ0) is 33.6. The topological polar surface area (TPSA) is 52.6 Å². The fourth-order valence-corrected chi connectivity index (χ4v) is 5.47. The Kier molecular flexibility index (Phi) is 9.26. The molecule has 0 aliphatic carbocycles. The minimum Gasteiger partial charge on any atom is -0.423 e. The van der Waals surface area contributed by atoms with E-state index in [2.05, 4.69) is 110 Å². The number of hydrogen-bond acceptors (Lipinski definition) is 4. The van der Waals surface area contributed by atoms with Crippen LogP contribution in [0.25, 0.3) is 57.0 Å². The maximum Gasteiger partial charge on any atom is 0.338 e. The average molecular weight is 627 g/mol. The lowest BCUT2D eigenvalue weighted by Gasteiger charge is -2.17. The molecule has 0 heterocycles. The van der Waals surface area contributed by atoms with Gasteiger partial charge in [-0.25, -0.2) is 9.59 Å². The molecular weight excluding hydrogens is 592 g/mol. The number of benzene rings is 6. The second-order valence-corrected chi connectivity index (χ2v) is 11.6. The first-order valence-corrected chi connectivity index (χ1v) is 15.6. The van der Waals surface area contributed by atoms with Crippen molar-refractivity contribution < 1.29 is 19.1 Å². The van der Waals surface area contributed by atoms with Crippen LogP contribution >= 0.6 is 0 Å². The number of esters is 2. The van der Waals surface area contributed by atoms with Crippen molar-refractivity contribution in [3.8, 4) is 22.6 Å². The first kappa shape index (κ1) is 31.7. The van der Waals surface area contributed by atoms with Crippen LogP contribution in [0.2, 0.25) is 0 Å². The highest BCUT2D eigenvalue weighted by Gasteiger charge is 2.15. The number of ether oxygens (including phenoxy) is 2. The summed E-state index contributed by atoms with van der Waals surface area (Å²) < 4.78 is 10.7. The van der Waals surface area contributed by atoms with Gasteiger partial charge in [-0.1, -0.05) is 135 Å². The lowest BCUT2D eigenvalue weighted by Crippen LogP contribution is -2.07. The SMILES string of the molecule is C=C(C)C(=O)Oc1ccc(/C=C\c2ccc3ccccc3c2-c2c(/C=C\c3ccc(OC(=O)C(=C)C)cc3)ccc3ccccc23)cc1. The lowest BCUT2D eigenvalue weighted by molar-refractivity contribution is -0.130. The molecule has 0 bridgehead atoms. The smallest absolute Gasteiger partial charge is 0.338 e. The Morgan fingerprint density at radius 1 is 0.479 bits per heavy atom. The molecule has 48 heavy (non-hydrogen) atoms. The van der Waals surface area contributed by atoms with Crippen molar-refractivity contribution >= 4 is 57.8 Å². The minimum atomic E-state index is -0.444. The van der Waals surface area contributed by atoms with E-state index in [0.29, 0.717) is 22.6 Å². The van der Waals surface area contributed by atoms with E-state index in [1.54, 1.807) is 38.1 Å². The molecule has 0 aromatic heterocycles. The Bertz CT molecular complexity index is 2090. The molecule has 0 fully saturated rings. The van der Waals surface area contributed by atoms with Crippen molar-refractivity contribution in [3.63, 3.8) is 0 Å². The van der Waals surface area contributed by atoms with Crippen molar-refractivity contribution in [1.82, 2.24) is 0 Å². The second kappa shape index (κ2) is 14.0. The summed E-state index contributed by atoms with van der Waals surface area (Å²) in [5.41, 5.74) is 7.06. The van der Waals surface area contributed by atoms with Crippen LogP contribution in [0.3, 0.4) is 0 Å². The fourth-order valence-electron chi connectivity index (χ4n) is 5.47. The summed E-state index contributed by atoms with van der Waals surface area (Å²) in [4.78, 5) is 23.9. The van der Waals surface area contributed by atoms with Gasteiger partial charge in [-0.3, -0.25) is 0 Å². The zero-order valence-electron chi connectivity index (χ0n) is 26.9. The molecule has 6 aromatic rings. The summed E-state index contributed by atoms with van der Waals surface area (Å²) in [6.45, 7) is 10.5. The highest BCUT2D eigenvalue weighted by Crippen LogP contribution is 2.40. The number of fused-ring (bicyclic) bond motifs is 2. The molecule has 0 saturated heterocycles. The molecule has 0 saturated carbocycles. The van der Waals surface area contributed by atoms with Crippen LogP contribution in [0, 0.1) is 0 Å². The van der Waals surface area contributed by atoms with E-state index < -0.39 is 11.9 Å². The van der Waals surface area contributed by atoms with Gasteiger partial charge < -0.3 is 9.47 Å². The molecule has 0 aliphatic rings. The minimum absolute atomic E-state index is 0.352. The average Bonchev–Trinajstić information content (AvgIpc) is 3.10. The van der Waals surface area contributed by atoms with Crippen LogP contribution in [0.4, 0.5) is 0 Å². The van der Waals surface area contributed by atoms with Crippen molar-refractivity contribution in [3.05, 3.63) is 168 Å². The summed E-state index contributed by atoms with van der Waals surface area (Å²) in [5, 5.41) is 4.60. The van der Waals surface area contributed by atoms with Gasteiger partial charge in [-0.2, -0.15) is 0 Å². The first-order valence-electron chi connectivity index (χ1n) is 15.6. The van der Waals surface area contributed by atoms with Gasteiger partial charge in [0, 0.05) is 11.1 Å². The summed E-state index contributed by atoms with van der Waals surface area (Å²) in [6, 6.07) is 40.4. The standard InChI is InChI=1S/C44H34O4/c1-29(2)43(45)47-37-25-15-31(16-26-37)13-19-35-23-21-33-9-5-7-11-39(33)41(35)42-36(24-22-34-10-6-8-12-40(34)42)20-14-32-17-27-38(28-18-32)48-44(46)30(3)4/h5-28H,1,3H2,2,4H3/b19-13-,20-14-. The Hall–Kier alpha value is -6.26. The van der Waals surface area contributed by atoms with Gasteiger partial charge in [-0.05, 0) is 93.0 Å². The van der Waals surface area contributed by atoms with Crippen LogP contribution in [-0.4, -0.2) is 11.9 Å². The van der Waals surface area contributed by atoms with Gasteiger partial charge in [-0.15, -0.1) is 0 Å². The maximum absolute atomic E-state index is 11.9. The highest BCUT2D eigenvalue weighted by atomic mass is 16.5. The van der Waals surface area contributed by atoms with E-state index in [1.807, 2.05) is 24.3 Å². The molecule has 6 aromatic carbocycles. The number of carbonyl (C=O) groups excluding carboxylic acids is 2. The molecule has 4 nitrogen and oxygen atoms in total. The van der Waals surface area contributed by atoms with Gasteiger partial charge in [0.1, 0.15) is 11.5 Å². The monoisotopic (exact) mass is 626 g/mol. The van der Waals surface area contributed by atoms with E-state index in [1.165, 1.54) is 0 Å². The summed E-state index contributed by atoms with van der Waals surface area (Å²) in [5.74, 6) is 0.0581. The van der Waals surface area contributed by atoms with E-state index in [-0.39, 0.29) is 0 Å². The predicted molar refractivity (Wildman–Crippen MR) is 199 cm³/mol.